The second-order valence-electron chi connectivity index (χ2n) is 6.62. The molecule has 2 heterocycles. The molecule has 4 nitrogen and oxygen atoms in total. The lowest BCUT2D eigenvalue weighted by atomic mass is 10.1. The summed E-state index contributed by atoms with van der Waals surface area (Å²) in [6, 6.07) is 7.58. The molecule has 2 aliphatic rings. The molecule has 1 unspecified atom stereocenters. The number of hydrogen-bond donors (Lipinski definition) is 1. The zero-order valence-corrected chi connectivity index (χ0v) is 13.0. The maximum Gasteiger partial charge on any atom is 0.117 e. The van der Waals surface area contributed by atoms with E-state index in [0.29, 0.717) is 6.10 Å². The minimum Gasteiger partial charge on any atom is -0.508 e. The van der Waals surface area contributed by atoms with E-state index < -0.39 is 0 Å². The molecule has 2 fully saturated rings. The summed E-state index contributed by atoms with van der Waals surface area (Å²) in [4.78, 5) is 6.93. The van der Waals surface area contributed by atoms with E-state index in [0.717, 1.165) is 48.6 Å². The fraction of sp³-hybridized carbons (Fsp3) is 0.500. The average molecular weight is 298 g/mol. The molecule has 0 radical (unpaired) electrons. The standard InChI is InChI=1S/C18H22N2O2/c1-12-8-18(16-5-4-14(21)9-17(16)19-12)20-7-6-15(10-20)22-11-13-2-3-13/h4-5,8-9,13,15,21H,2-3,6-7,10-11H2,1H3. The van der Waals surface area contributed by atoms with Gasteiger partial charge in [-0.2, -0.15) is 0 Å². The number of benzene rings is 1. The summed E-state index contributed by atoms with van der Waals surface area (Å²) >= 11 is 0. The molecular formula is C18H22N2O2. The van der Waals surface area contributed by atoms with Gasteiger partial charge in [0.2, 0.25) is 0 Å². The first-order valence-corrected chi connectivity index (χ1v) is 8.16. The number of ether oxygens (including phenoxy) is 1. The molecule has 22 heavy (non-hydrogen) atoms. The number of aromatic hydroxyl groups is 1. The Morgan fingerprint density at radius 3 is 2.95 bits per heavy atom. The van der Waals surface area contributed by atoms with Gasteiger partial charge in [0.1, 0.15) is 5.75 Å². The van der Waals surface area contributed by atoms with Crippen LogP contribution in [0.1, 0.15) is 25.0 Å². The van der Waals surface area contributed by atoms with Crippen LogP contribution >= 0.6 is 0 Å². The zero-order valence-electron chi connectivity index (χ0n) is 13.0. The lowest BCUT2D eigenvalue weighted by Crippen LogP contribution is -2.23. The van der Waals surface area contributed by atoms with Gasteiger partial charge in [-0.3, -0.25) is 4.98 Å². The van der Waals surface area contributed by atoms with Gasteiger partial charge in [-0.1, -0.05) is 0 Å². The number of aromatic nitrogens is 1. The monoisotopic (exact) mass is 298 g/mol. The highest BCUT2D eigenvalue weighted by atomic mass is 16.5. The molecule has 1 atom stereocenters. The summed E-state index contributed by atoms with van der Waals surface area (Å²) in [5, 5.41) is 10.8. The Morgan fingerprint density at radius 1 is 1.27 bits per heavy atom. The number of rotatable bonds is 4. The van der Waals surface area contributed by atoms with Crippen molar-refractivity contribution < 1.29 is 9.84 Å². The quantitative estimate of drug-likeness (QED) is 0.941. The summed E-state index contributed by atoms with van der Waals surface area (Å²) in [6.45, 7) is 4.91. The number of anilines is 1. The predicted molar refractivity (Wildman–Crippen MR) is 87.4 cm³/mol. The van der Waals surface area contributed by atoms with Gasteiger partial charge in [0, 0.05) is 42.5 Å². The van der Waals surface area contributed by atoms with Gasteiger partial charge in [0.25, 0.3) is 0 Å². The van der Waals surface area contributed by atoms with Crippen LogP contribution < -0.4 is 4.90 Å². The summed E-state index contributed by atoms with van der Waals surface area (Å²) in [6.07, 6.45) is 4.12. The van der Waals surface area contributed by atoms with Crippen LogP contribution in [0.5, 0.6) is 5.75 Å². The van der Waals surface area contributed by atoms with Crippen molar-refractivity contribution in [2.45, 2.75) is 32.3 Å². The number of nitrogens with zero attached hydrogens (tertiary/aromatic N) is 2. The highest BCUT2D eigenvalue weighted by Gasteiger charge is 2.28. The smallest absolute Gasteiger partial charge is 0.117 e. The Bertz CT molecular complexity index is 692. The normalized spacial score (nSPS) is 21.7. The molecule has 4 heteroatoms. The Hall–Kier alpha value is -1.81. The lowest BCUT2D eigenvalue weighted by molar-refractivity contribution is 0.0605. The molecule has 1 aromatic heterocycles. The topological polar surface area (TPSA) is 45.6 Å². The molecule has 0 bridgehead atoms. The van der Waals surface area contributed by atoms with Gasteiger partial charge in [-0.25, -0.2) is 0 Å². The number of pyridine rings is 1. The lowest BCUT2D eigenvalue weighted by Gasteiger charge is -2.21. The van der Waals surface area contributed by atoms with Crippen LogP contribution in [0.15, 0.2) is 24.3 Å². The minimum atomic E-state index is 0.267. The SMILES string of the molecule is Cc1cc(N2CCC(OCC3CC3)C2)c2ccc(O)cc2n1. The van der Waals surface area contributed by atoms with Crippen LogP contribution in [0, 0.1) is 12.8 Å². The van der Waals surface area contributed by atoms with Gasteiger partial charge in [-0.05, 0) is 50.3 Å². The number of fused-ring (bicyclic) bond motifs is 1. The van der Waals surface area contributed by atoms with Crippen molar-refractivity contribution >= 4 is 16.6 Å². The molecule has 0 amide bonds. The zero-order chi connectivity index (χ0) is 15.1. The van der Waals surface area contributed by atoms with Gasteiger partial charge in [0.05, 0.1) is 11.6 Å². The van der Waals surface area contributed by atoms with E-state index in [1.54, 1.807) is 12.1 Å². The number of phenolic OH excluding ortho intramolecular Hbond substituents is 1. The molecule has 0 spiro atoms. The molecule has 116 valence electrons. The van der Waals surface area contributed by atoms with E-state index >= 15 is 0 Å². The molecule has 1 saturated carbocycles. The largest absolute Gasteiger partial charge is 0.508 e. The Kier molecular flexibility index (Phi) is 3.41. The summed E-state index contributed by atoms with van der Waals surface area (Å²) in [5.74, 6) is 1.09. The fourth-order valence-electron chi connectivity index (χ4n) is 3.23. The highest BCUT2D eigenvalue weighted by molar-refractivity contribution is 5.92. The van der Waals surface area contributed by atoms with Gasteiger partial charge < -0.3 is 14.7 Å². The van der Waals surface area contributed by atoms with Gasteiger partial charge in [0.15, 0.2) is 0 Å². The predicted octanol–water partition coefficient (Wildman–Crippen LogP) is 3.25. The van der Waals surface area contributed by atoms with Crippen LogP contribution in [0.25, 0.3) is 10.9 Å². The number of aryl methyl sites for hydroxylation is 1. The van der Waals surface area contributed by atoms with Gasteiger partial charge >= 0.3 is 0 Å². The van der Waals surface area contributed by atoms with Crippen LogP contribution in [-0.4, -0.2) is 35.9 Å². The van der Waals surface area contributed by atoms with E-state index in [-0.39, 0.29) is 5.75 Å². The van der Waals surface area contributed by atoms with E-state index in [1.165, 1.54) is 18.5 Å². The van der Waals surface area contributed by atoms with Crippen molar-refractivity contribution in [3.8, 4) is 5.75 Å². The summed E-state index contributed by atoms with van der Waals surface area (Å²) in [5.41, 5.74) is 3.05. The fourth-order valence-corrected chi connectivity index (χ4v) is 3.23. The molecule has 1 aliphatic heterocycles. The van der Waals surface area contributed by atoms with Crippen molar-refractivity contribution in [2.24, 2.45) is 5.92 Å². The minimum absolute atomic E-state index is 0.267. The number of hydrogen-bond acceptors (Lipinski definition) is 4. The Morgan fingerprint density at radius 2 is 2.14 bits per heavy atom. The van der Waals surface area contributed by atoms with Crippen molar-refractivity contribution in [1.29, 1.82) is 0 Å². The summed E-state index contributed by atoms with van der Waals surface area (Å²) in [7, 11) is 0. The molecule has 1 aliphatic carbocycles. The Labute approximate surface area is 130 Å². The van der Waals surface area contributed by atoms with E-state index in [2.05, 4.69) is 16.0 Å². The van der Waals surface area contributed by atoms with Gasteiger partial charge in [-0.15, -0.1) is 0 Å². The highest BCUT2D eigenvalue weighted by Crippen LogP contribution is 2.33. The van der Waals surface area contributed by atoms with Crippen molar-refractivity contribution in [3.63, 3.8) is 0 Å². The second-order valence-corrected chi connectivity index (χ2v) is 6.62. The first-order valence-electron chi connectivity index (χ1n) is 8.16. The third-order valence-electron chi connectivity index (χ3n) is 4.65. The first kappa shape index (κ1) is 13.8. The summed E-state index contributed by atoms with van der Waals surface area (Å²) < 4.78 is 6.04. The van der Waals surface area contributed by atoms with E-state index in [9.17, 15) is 5.11 Å². The van der Waals surface area contributed by atoms with Crippen LogP contribution in [0.4, 0.5) is 5.69 Å². The molecular weight excluding hydrogens is 276 g/mol. The third kappa shape index (κ3) is 2.75. The van der Waals surface area contributed by atoms with Crippen LogP contribution in [0.3, 0.4) is 0 Å². The molecule has 1 N–H and O–H groups in total. The van der Waals surface area contributed by atoms with Crippen molar-refractivity contribution in [1.82, 2.24) is 4.98 Å². The third-order valence-corrected chi connectivity index (χ3v) is 4.65. The molecule has 1 aromatic carbocycles. The maximum atomic E-state index is 9.67. The Balaban J connectivity index is 1.57. The second kappa shape index (κ2) is 5.43. The van der Waals surface area contributed by atoms with Crippen LogP contribution in [-0.2, 0) is 4.74 Å². The molecule has 1 saturated heterocycles. The average Bonchev–Trinajstić information content (AvgIpc) is 3.20. The van der Waals surface area contributed by atoms with Crippen molar-refractivity contribution in [2.75, 3.05) is 24.6 Å². The molecule has 2 aromatic rings. The van der Waals surface area contributed by atoms with Crippen LogP contribution in [0.2, 0.25) is 0 Å². The first-order chi connectivity index (χ1) is 10.7. The van der Waals surface area contributed by atoms with E-state index in [1.807, 2.05) is 13.0 Å². The molecule has 4 rings (SSSR count). The maximum absolute atomic E-state index is 9.67. The number of phenols is 1. The van der Waals surface area contributed by atoms with Crippen molar-refractivity contribution in [3.05, 3.63) is 30.0 Å². The van der Waals surface area contributed by atoms with E-state index in [4.69, 9.17) is 4.74 Å².